The number of hydrogen-bond acceptors (Lipinski definition) is 3. The highest BCUT2D eigenvalue weighted by atomic mass is 15.2. The second-order valence-electron chi connectivity index (χ2n) is 5.81. The van der Waals surface area contributed by atoms with Crippen LogP contribution in [0.1, 0.15) is 40.0 Å². The molecule has 1 rings (SSSR count). The van der Waals surface area contributed by atoms with Gasteiger partial charge in [0.05, 0.1) is 12.5 Å². The normalized spacial score (nSPS) is 28.0. The summed E-state index contributed by atoms with van der Waals surface area (Å²) >= 11 is 0. The molecule has 0 aromatic carbocycles. The van der Waals surface area contributed by atoms with Crippen LogP contribution in [-0.2, 0) is 0 Å². The van der Waals surface area contributed by atoms with Crippen molar-refractivity contribution >= 4 is 0 Å². The number of nitrogens with zero attached hydrogens (tertiary/aromatic N) is 3. The molecule has 2 unspecified atom stereocenters. The van der Waals surface area contributed by atoms with E-state index in [1.54, 1.807) is 0 Å². The molecule has 0 spiro atoms. The molecule has 17 heavy (non-hydrogen) atoms. The van der Waals surface area contributed by atoms with Gasteiger partial charge in [-0.15, -0.1) is 0 Å². The monoisotopic (exact) mass is 237 g/mol. The fourth-order valence-corrected chi connectivity index (χ4v) is 2.41. The lowest BCUT2D eigenvalue weighted by atomic mass is 10.1. The molecule has 3 heteroatoms. The van der Waals surface area contributed by atoms with Crippen molar-refractivity contribution in [2.75, 3.05) is 26.7 Å². The van der Waals surface area contributed by atoms with Crippen molar-refractivity contribution in [3.05, 3.63) is 0 Å². The Hall–Kier alpha value is -0.590. The predicted octanol–water partition coefficient (Wildman–Crippen LogP) is 2.34. The largest absolute Gasteiger partial charge is 0.301 e. The van der Waals surface area contributed by atoms with Gasteiger partial charge in [0.1, 0.15) is 0 Å². The molecule has 0 bridgehead atoms. The molecule has 98 valence electrons. The molecule has 0 aromatic rings. The van der Waals surface area contributed by atoms with E-state index in [0.717, 1.165) is 19.0 Å². The zero-order valence-electron chi connectivity index (χ0n) is 11.8. The first-order valence-corrected chi connectivity index (χ1v) is 6.85. The van der Waals surface area contributed by atoms with E-state index in [2.05, 4.69) is 43.7 Å². The van der Waals surface area contributed by atoms with Gasteiger partial charge >= 0.3 is 0 Å². The molecule has 3 nitrogen and oxygen atoms in total. The van der Waals surface area contributed by atoms with Gasteiger partial charge in [-0.25, -0.2) is 0 Å². The summed E-state index contributed by atoms with van der Waals surface area (Å²) in [7, 11) is 2.15. The van der Waals surface area contributed by atoms with E-state index in [9.17, 15) is 0 Å². The summed E-state index contributed by atoms with van der Waals surface area (Å²) in [4.78, 5) is 4.93. The highest BCUT2D eigenvalue weighted by molar-refractivity contribution is 4.88. The molecule has 1 aliphatic rings. The van der Waals surface area contributed by atoms with Gasteiger partial charge in [-0.2, -0.15) is 5.26 Å². The van der Waals surface area contributed by atoms with Crippen LogP contribution in [0.25, 0.3) is 0 Å². The minimum Gasteiger partial charge on any atom is -0.301 e. The van der Waals surface area contributed by atoms with Crippen LogP contribution < -0.4 is 0 Å². The van der Waals surface area contributed by atoms with Gasteiger partial charge in [0.15, 0.2) is 0 Å². The Labute approximate surface area is 106 Å². The van der Waals surface area contributed by atoms with Crippen LogP contribution in [0.3, 0.4) is 0 Å². The number of hydrogen-bond donors (Lipinski definition) is 0. The van der Waals surface area contributed by atoms with Crippen LogP contribution in [0.15, 0.2) is 0 Å². The van der Waals surface area contributed by atoms with Crippen LogP contribution in [0.5, 0.6) is 0 Å². The van der Waals surface area contributed by atoms with Crippen LogP contribution in [0.4, 0.5) is 0 Å². The predicted molar refractivity (Wildman–Crippen MR) is 71.8 cm³/mol. The van der Waals surface area contributed by atoms with Gasteiger partial charge in [0.2, 0.25) is 0 Å². The number of likely N-dealkylation sites (N-methyl/N-ethyl adjacent to an activating group) is 1. The third kappa shape index (κ3) is 4.65. The highest BCUT2D eigenvalue weighted by Crippen LogP contribution is 2.17. The quantitative estimate of drug-likeness (QED) is 0.752. The molecule has 0 saturated carbocycles. The molecule has 1 saturated heterocycles. The first-order valence-electron chi connectivity index (χ1n) is 6.85. The average Bonchev–Trinajstić information content (AvgIpc) is 2.40. The summed E-state index contributed by atoms with van der Waals surface area (Å²) in [5.41, 5.74) is 0. The highest BCUT2D eigenvalue weighted by Gasteiger charge is 2.26. The minimum atomic E-state index is 0.414. The van der Waals surface area contributed by atoms with Crippen molar-refractivity contribution in [1.29, 1.82) is 5.26 Å². The van der Waals surface area contributed by atoms with Crippen molar-refractivity contribution in [2.24, 2.45) is 5.92 Å². The molecular formula is C14H27N3. The minimum absolute atomic E-state index is 0.414. The second kappa shape index (κ2) is 6.98. The standard InChI is InChI=1S/C14H27N3/c1-12(2)6-10-17-11-14(5-8-15)16(4)9-7-13(17)3/h12-14H,5-7,9-11H2,1-4H3. The Morgan fingerprint density at radius 1 is 1.41 bits per heavy atom. The van der Waals surface area contributed by atoms with E-state index in [1.165, 1.54) is 19.4 Å². The first kappa shape index (κ1) is 14.5. The topological polar surface area (TPSA) is 30.3 Å². The van der Waals surface area contributed by atoms with E-state index in [0.29, 0.717) is 18.5 Å². The van der Waals surface area contributed by atoms with E-state index >= 15 is 0 Å². The van der Waals surface area contributed by atoms with E-state index < -0.39 is 0 Å². The van der Waals surface area contributed by atoms with Gasteiger partial charge in [0, 0.05) is 18.6 Å². The molecule has 2 atom stereocenters. The lowest BCUT2D eigenvalue weighted by Crippen LogP contribution is -2.41. The fraction of sp³-hybridized carbons (Fsp3) is 0.929. The zero-order valence-corrected chi connectivity index (χ0v) is 11.8. The van der Waals surface area contributed by atoms with Crippen molar-refractivity contribution in [2.45, 2.75) is 52.1 Å². The van der Waals surface area contributed by atoms with Crippen molar-refractivity contribution < 1.29 is 0 Å². The summed E-state index contributed by atoms with van der Waals surface area (Å²) in [6, 6.07) is 3.39. The molecule has 0 amide bonds. The number of nitriles is 1. The molecule has 1 heterocycles. The second-order valence-corrected chi connectivity index (χ2v) is 5.81. The molecule has 0 aliphatic carbocycles. The SMILES string of the molecule is CC(C)CCN1CC(CC#N)N(C)CCC1C. The van der Waals surface area contributed by atoms with Gasteiger partial charge in [-0.3, -0.25) is 4.90 Å². The molecule has 0 radical (unpaired) electrons. The molecule has 1 fully saturated rings. The van der Waals surface area contributed by atoms with Crippen molar-refractivity contribution in [1.82, 2.24) is 9.80 Å². The first-order chi connectivity index (χ1) is 8.04. The zero-order chi connectivity index (χ0) is 12.8. The molecule has 0 N–H and O–H groups in total. The van der Waals surface area contributed by atoms with Gasteiger partial charge in [-0.1, -0.05) is 13.8 Å². The summed E-state index contributed by atoms with van der Waals surface area (Å²) < 4.78 is 0. The molecule has 1 aliphatic heterocycles. The Bertz CT molecular complexity index is 257. The molecular weight excluding hydrogens is 210 g/mol. The van der Waals surface area contributed by atoms with E-state index in [1.807, 2.05) is 0 Å². The average molecular weight is 237 g/mol. The lowest BCUT2D eigenvalue weighted by Gasteiger charge is -2.30. The Kier molecular flexibility index (Phi) is 5.94. The van der Waals surface area contributed by atoms with E-state index in [4.69, 9.17) is 5.26 Å². The number of rotatable bonds is 4. The maximum atomic E-state index is 8.90. The Morgan fingerprint density at radius 2 is 2.12 bits per heavy atom. The maximum Gasteiger partial charge on any atom is 0.0638 e. The van der Waals surface area contributed by atoms with Crippen LogP contribution in [-0.4, -0.2) is 48.6 Å². The van der Waals surface area contributed by atoms with Crippen LogP contribution in [0.2, 0.25) is 0 Å². The van der Waals surface area contributed by atoms with Gasteiger partial charge in [0.25, 0.3) is 0 Å². The third-order valence-electron chi connectivity index (χ3n) is 3.91. The van der Waals surface area contributed by atoms with Crippen LogP contribution in [0, 0.1) is 17.2 Å². The maximum absolute atomic E-state index is 8.90. The third-order valence-corrected chi connectivity index (χ3v) is 3.91. The summed E-state index contributed by atoms with van der Waals surface area (Å²) in [6.45, 7) is 10.2. The lowest BCUT2D eigenvalue weighted by molar-refractivity contribution is 0.174. The fourth-order valence-electron chi connectivity index (χ4n) is 2.41. The van der Waals surface area contributed by atoms with E-state index in [-0.39, 0.29) is 0 Å². The summed E-state index contributed by atoms with van der Waals surface area (Å²) in [6.07, 6.45) is 3.13. The Morgan fingerprint density at radius 3 is 2.71 bits per heavy atom. The van der Waals surface area contributed by atoms with Crippen molar-refractivity contribution in [3.8, 4) is 6.07 Å². The smallest absolute Gasteiger partial charge is 0.0638 e. The van der Waals surface area contributed by atoms with Crippen LogP contribution >= 0.6 is 0 Å². The van der Waals surface area contributed by atoms with Gasteiger partial charge in [-0.05, 0) is 45.8 Å². The summed E-state index contributed by atoms with van der Waals surface area (Å²) in [5, 5.41) is 8.90. The van der Waals surface area contributed by atoms with Crippen molar-refractivity contribution in [3.63, 3.8) is 0 Å². The Balaban J connectivity index is 2.57. The summed E-state index contributed by atoms with van der Waals surface area (Å²) in [5.74, 6) is 0.762. The van der Waals surface area contributed by atoms with Gasteiger partial charge < -0.3 is 4.90 Å². The molecule has 0 aromatic heterocycles.